The number of hydrogen-bond acceptors (Lipinski definition) is 3. The lowest BCUT2D eigenvalue weighted by atomic mass is 10.0. The number of benzene rings is 1. The zero-order valence-electron chi connectivity index (χ0n) is 11.8. The van der Waals surface area contributed by atoms with Gasteiger partial charge in [-0.3, -0.25) is 4.79 Å². The molecule has 1 aromatic rings. The second-order valence-corrected chi connectivity index (χ2v) is 6.06. The van der Waals surface area contributed by atoms with E-state index in [-0.39, 0.29) is 24.7 Å². The van der Waals surface area contributed by atoms with Crippen LogP contribution in [0.4, 0.5) is 4.79 Å². The van der Waals surface area contributed by atoms with E-state index < -0.39 is 5.97 Å². The Labute approximate surface area is 132 Å². The van der Waals surface area contributed by atoms with Crippen LogP contribution in [0.25, 0.3) is 0 Å². The van der Waals surface area contributed by atoms with Gasteiger partial charge in [0.2, 0.25) is 0 Å². The number of ether oxygens (including phenoxy) is 1. The number of halogens is 1. The third-order valence-electron chi connectivity index (χ3n) is 3.69. The summed E-state index contributed by atoms with van der Waals surface area (Å²) in [5.41, 5.74) is 1.04. The van der Waals surface area contributed by atoms with Crippen molar-refractivity contribution in [2.45, 2.75) is 38.3 Å². The fourth-order valence-corrected chi connectivity index (χ4v) is 2.67. The molecule has 1 fully saturated rings. The predicted molar refractivity (Wildman–Crippen MR) is 81.0 cm³/mol. The molecule has 114 valence electrons. The monoisotopic (exact) mass is 355 g/mol. The first kappa shape index (κ1) is 15.8. The number of rotatable bonds is 5. The van der Waals surface area contributed by atoms with Crippen LogP contribution in [0.3, 0.4) is 0 Å². The van der Waals surface area contributed by atoms with E-state index in [0.717, 1.165) is 10.0 Å². The molecule has 5 nitrogen and oxygen atoms in total. The molecule has 21 heavy (non-hydrogen) atoms. The van der Waals surface area contributed by atoms with Crippen molar-refractivity contribution < 1.29 is 19.4 Å². The number of carboxylic acids is 1. The van der Waals surface area contributed by atoms with Gasteiger partial charge in [-0.2, -0.15) is 0 Å². The Bertz CT molecular complexity index is 517. The fourth-order valence-electron chi connectivity index (χ4n) is 2.40. The Kier molecular flexibility index (Phi) is 5.22. The SMILES string of the molecule is CC(c1ccc(Br)cc1)N1CCC(CCC(=O)O)OC1=O. The maximum Gasteiger partial charge on any atom is 0.410 e. The number of cyclic esters (lactones) is 1. The quantitative estimate of drug-likeness (QED) is 0.876. The van der Waals surface area contributed by atoms with Crippen LogP contribution in [0.2, 0.25) is 0 Å². The van der Waals surface area contributed by atoms with E-state index >= 15 is 0 Å². The molecule has 1 aliphatic heterocycles. The average Bonchev–Trinajstić information content (AvgIpc) is 2.45. The van der Waals surface area contributed by atoms with Crippen molar-refractivity contribution >= 4 is 28.0 Å². The van der Waals surface area contributed by atoms with Crippen LogP contribution in [-0.2, 0) is 9.53 Å². The van der Waals surface area contributed by atoms with Gasteiger partial charge in [-0.15, -0.1) is 0 Å². The molecule has 0 radical (unpaired) electrons. The first-order chi connectivity index (χ1) is 9.97. The predicted octanol–water partition coefficient (Wildman–Crippen LogP) is 3.59. The summed E-state index contributed by atoms with van der Waals surface area (Å²) in [5, 5.41) is 8.67. The summed E-state index contributed by atoms with van der Waals surface area (Å²) >= 11 is 3.39. The van der Waals surface area contributed by atoms with E-state index in [1.54, 1.807) is 4.90 Å². The van der Waals surface area contributed by atoms with Crippen molar-refractivity contribution in [1.82, 2.24) is 4.90 Å². The number of hydrogen-bond donors (Lipinski definition) is 1. The first-order valence-electron chi connectivity index (χ1n) is 6.92. The summed E-state index contributed by atoms with van der Waals surface area (Å²) in [5.74, 6) is -0.864. The molecule has 2 unspecified atom stereocenters. The van der Waals surface area contributed by atoms with Crippen molar-refractivity contribution in [1.29, 1.82) is 0 Å². The van der Waals surface area contributed by atoms with E-state index in [1.807, 2.05) is 31.2 Å². The van der Waals surface area contributed by atoms with Crippen LogP contribution in [-0.4, -0.2) is 34.7 Å². The molecule has 2 atom stereocenters. The summed E-state index contributed by atoms with van der Waals surface area (Å²) in [7, 11) is 0. The van der Waals surface area contributed by atoms with E-state index in [0.29, 0.717) is 19.4 Å². The minimum absolute atomic E-state index is 0.0280. The van der Waals surface area contributed by atoms with E-state index in [9.17, 15) is 9.59 Å². The Hall–Kier alpha value is -1.56. The Morgan fingerprint density at radius 3 is 2.71 bits per heavy atom. The first-order valence-corrected chi connectivity index (χ1v) is 7.71. The molecule has 1 N–H and O–H groups in total. The summed E-state index contributed by atoms with van der Waals surface area (Å²) in [6.45, 7) is 2.54. The summed E-state index contributed by atoms with van der Waals surface area (Å²) in [6, 6.07) is 7.76. The maximum atomic E-state index is 12.1. The summed E-state index contributed by atoms with van der Waals surface area (Å²) < 4.78 is 6.32. The molecule has 1 heterocycles. The lowest BCUT2D eigenvalue weighted by molar-refractivity contribution is -0.137. The van der Waals surface area contributed by atoms with Gasteiger partial charge in [0.15, 0.2) is 0 Å². The molecule has 1 aliphatic rings. The molecular formula is C15H18BrNO4. The van der Waals surface area contributed by atoms with Gasteiger partial charge in [0, 0.05) is 23.9 Å². The third kappa shape index (κ3) is 4.20. The van der Waals surface area contributed by atoms with Gasteiger partial charge in [0.25, 0.3) is 0 Å². The highest BCUT2D eigenvalue weighted by Gasteiger charge is 2.31. The Morgan fingerprint density at radius 2 is 2.14 bits per heavy atom. The highest BCUT2D eigenvalue weighted by atomic mass is 79.9. The largest absolute Gasteiger partial charge is 0.481 e. The van der Waals surface area contributed by atoms with Gasteiger partial charge in [0.05, 0.1) is 6.04 Å². The lowest BCUT2D eigenvalue weighted by Crippen LogP contribution is -2.43. The Balaban J connectivity index is 1.95. The van der Waals surface area contributed by atoms with Crippen molar-refractivity contribution in [3.63, 3.8) is 0 Å². The smallest absolute Gasteiger partial charge is 0.410 e. The summed E-state index contributed by atoms with van der Waals surface area (Å²) in [6.07, 6.45) is 0.413. The van der Waals surface area contributed by atoms with Gasteiger partial charge in [0.1, 0.15) is 6.10 Å². The number of nitrogens with zero attached hydrogens (tertiary/aromatic N) is 1. The number of carbonyl (C=O) groups is 2. The van der Waals surface area contributed by atoms with E-state index in [4.69, 9.17) is 9.84 Å². The number of carboxylic acid groups (broad SMARTS) is 1. The van der Waals surface area contributed by atoms with Gasteiger partial charge in [-0.1, -0.05) is 28.1 Å². The van der Waals surface area contributed by atoms with Crippen molar-refractivity contribution in [3.8, 4) is 0 Å². The van der Waals surface area contributed by atoms with Gasteiger partial charge in [-0.05, 0) is 31.0 Å². The molecule has 1 saturated heterocycles. The van der Waals surface area contributed by atoms with Crippen LogP contribution >= 0.6 is 15.9 Å². The zero-order chi connectivity index (χ0) is 15.4. The second kappa shape index (κ2) is 6.93. The minimum Gasteiger partial charge on any atom is -0.481 e. The van der Waals surface area contributed by atoms with E-state index in [2.05, 4.69) is 15.9 Å². The van der Waals surface area contributed by atoms with Gasteiger partial charge < -0.3 is 14.7 Å². The van der Waals surface area contributed by atoms with Crippen molar-refractivity contribution in [3.05, 3.63) is 34.3 Å². The second-order valence-electron chi connectivity index (χ2n) is 5.15. The van der Waals surface area contributed by atoms with Crippen LogP contribution in [0.5, 0.6) is 0 Å². The van der Waals surface area contributed by atoms with Crippen LogP contribution in [0.15, 0.2) is 28.7 Å². The molecule has 0 aromatic heterocycles. The average molecular weight is 356 g/mol. The standard InChI is InChI=1S/C15H18BrNO4/c1-10(11-2-4-12(16)5-3-11)17-9-8-13(21-15(17)20)6-7-14(18)19/h2-5,10,13H,6-9H2,1H3,(H,18,19). The molecule has 6 heteroatoms. The van der Waals surface area contributed by atoms with Crippen LogP contribution in [0.1, 0.15) is 37.8 Å². The number of carbonyl (C=O) groups excluding carboxylic acids is 1. The lowest BCUT2D eigenvalue weighted by Gasteiger charge is -2.35. The number of aliphatic carboxylic acids is 1. The van der Waals surface area contributed by atoms with E-state index in [1.165, 1.54) is 0 Å². The fraction of sp³-hybridized carbons (Fsp3) is 0.467. The number of amides is 1. The van der Waals surface area contributed by atoms with Crippen LogP contribution < -0.4 is 0 Å². The molecule has 0 spiro atoms. The van der Waals surface area contributed by atoms with Crippen molar-refractivity contribution in [2.75, 3.05) is 6.54 Å². The molecule has 0 bridgehead atoms. The highest BCUT2D eigenvalue weighted by molar-refractivity contribution is 9.10. The molecule has 1 amide bonds. The maximum absolute atomic E-state index is 12.1. The molecule has 0 saturated carbocycles. The molecule has 1 aromatic carbocycles. The summed E-state index contributed by atoms with van der Waals surface area (Å²) in [4.78, 5) is 24.3. The molecule has 0 aliphatic carbocycles. The molecular weight excluding hydrogens is 338 g/mol. The van der Waals surface area contributed by atoms with Crippen LogP contribution in [0, 0.1) is 0 Å². The normalized spacial score (nSPS) is 20.0. The minimum atomic E-state index is -0.864. The molecule has 2 rings (SSSR count). The highest BCUT2D eigenvalue weighted by Crippen LogP contribution is 2.27. The zero-order valence-corrected chi connectivity index (χ0v) is 13.4. The van der Waals surface area contributed by atoms with Crippen molar-refractivity contribution in [2.24, 2.45) is 0 Å². The van der Waals surface area contributed by atoms with Gasteiger partial charge >= 0.3 is 12.1 Å². The van der Waals surface area contributed by atoms with Gasteiger partial charge in [-0.25, -0.2) is 4.79 Å². The third-order valence-corrected chi connectivity index (χ3v) is 4.22. The Morgan fingerprint density at radius 1 is 1.48 bits per heavy atom. The topological polar surface area (TPSA) is 66.8 Å².